The second-order valence-corrected chi connectivity index (χ2v) is 6.63. The van der Waals surface area contributed by atoms with Crippen LogP contribution < -0.4 is 4.74 Å². The Labute approximate surface area is 149 Å². The van der Waals surface area contributed by atoms with Crippen LogP contribution >= 0.6 is 0 Å². The molecule has 1 amide bonds. The Morgan fingerprint density at radius 2 is 1.92 bits per heavy atom. The maximum atomic E-state index is 12.5. The molecule has 0 aliphatic carbocycles. The number of hydrogen-bond donors (Lipinski definition) is 1. The molecule has 0 saturated carbocycles. The van der Waals surface area contributed by atoms with Crippen LogP contribution in [0.2, 0.25) is 0 Å². The molecule has 0 bridgehead atoms. The molecule has 1 aliphatic rings. The number of benzene rings is 2. The molecule has 132 valence electrons. The molecule has 4 heteroatoms. The molecular weight excluding hydrogens is 314 g/mol. The molecule has 1 saturated heterocycles. The average Bonchev–Trinajstić information content (AvgIpc) is 2.67. The van der Waals surface area contributed by atoms with Crippen LogP contribution in [0.1, 0.15) is 19.8 Å². The second kappa shape index (κ2) is 8.17. The van der Waals surface area contributed by atoms with Gasteiger partial charge in [-0.05, 0) is 31.4 Å². The van der Waals surface area contributed by atoms with Crippen molar-refractivity contribution >= 4 is 5.91 Å². The molecule has 1 N–H and O–H groups in total. The quantitative estimate of drug-likeness (QED) is 0.909. The van der Waals surface area contributed by atoms with Crippen LogP contribution in [0.4, 0.5) is 0 Å². The number of carbonyl (C=O) groups excluding carboxylic acids is 1. The van der Waals surface area contributed by atoms with Crippen LogP contribution in [0.5, 0.6) is 5.75 Å². The van der Waals surface area contributed by atoms with Crippen LogP contribution in [0.15, 0.2) is 54.6 Å². The normalized spacial score (nSPS) is 18.6. The summed E-state index contributed by atoms with van der Waals surface area (Å²) in [7, 11) is 0. The maximum Gasteiger partial charge on any atom is 0.260 e. The molecule has 25 heavy (non-hydrogen) atoms. The number of aliphatic hydroxyl groups excluding tert-OH is 1. The standard InChI is InChI=1S/C21H25NO3/c1-16(23)18-10-7-13-22(14-18)21(24)15-25-20-12-6-5-11-19(20)17-8-3-2-4-9-17/h2-6,8-9,11-12,16,18,23H,7,10,13-15H2,1H3. The highest BCUT2D eigenvalue weighted by Crippen LogP contribution is 2.29. The Hall–Kier alpha value is -2.33. The number of piperidine rings is 1. The van der Waals surface area contributed by atoms with Gasteiger partial charge in [0.15, 0.2) is 6.61 Å². The smallest absolute Gasteiger partial charge is 0.260 e. The first-order chi connectivity index (χ1) is 12.1. The van der Waals surface area contributed by atoms with E-state index in [1.807, 2.05) is 59.5 Å². The van der Waals surface area contributed by atoms with E-state index >= 15 is 0 Å². The predicted molar refractivity (Wildman–Crippen MR) is 98.4 cm³/mol. The first-order valence-corrected chi connectivity index (χ1v) is 8.88. The molecule has 1 heterocycles. The van der Waals surface area contributed by atoms with Gasteiger partial charge in [0.2, 0.25) is 0 Å². The van der Waals surface area contributed by atoms with E-state index in [4.69, 9.17) is 4.74 Å². The third kappa shape index (κ3) is 4.40. The largest absolute Gasteiger partial charge is 0.483 e. The van der Waals surface area contributed by atoms with Crippen molar-refractivity contribution in [2.75, 3.05) is 19.7 Å². The molecule has 4 nitrogen and oxygen atoms in total. The number of nitrogens with zero attached hydrogens (tertiary/aromatic N) is 1. The minimum atomic E-state index is -0.379. The van der Waals surface area contributed by atoms with Gasteiger partial charge in [0, 0.05) is 24.6 Å². The number of ether oxygens (including phenoxy) is 1. The van der Waals surface area contributed by atoms with E-state index in [-0.39, 0.29) is 24.5 Å². The molecule has 2 atom stereocenters. The first-order valence-electron chi connectivity index (χ1n) is 8.88. The molecule has 0 aromatic heterocycles. The summed E-state index contributed by atoms with van der Waals surface area (Å²) < 4.78 is 5.85. The van der Waals surface area contributed by atoms with Gasteiger partial charge in [-0.15, -0.1) is 0 Å². The summed E-state index contributed by atoms with van der Waals surface area (Å²) in [4.78, 5) is 14.3. The monoisotopic (exact) mass is 339 g/mol. The number of likely N-dealkylation sites (tertiary alicyclic amines) is 1. The van der Waals surface area contributed by atoms with Crippen molar-refractivity contribution < 1.29 is 14.6 Å². The number of para-hydroxylation sites is 1. The van der Waals surface area contributed by atoms with Gasteiger partial charge in [-0.25, -0.2) is 0 Å². The third-order valence-electron chi connectivity index (χ3n) is 4.82. The molecule has 1 fully saturated rings. The second-order valence-electron chi connectivity index (χ2n) is 6.63. The van der Waals surface area contributed by atoms with Crippen LogP contribution in [0, 0.1) is 5.92 Å². The Morgan fingerprint density at radius 1 is 1.20 bits per heavy atom. The fourth-order valence-corrected chi connectivity index (χ4v) is 3.31. The van der Waals surface area contributed by atoms with Crippen molar-refractivity contribution in [3.8, 4) is 16.9 Å². The summed E-state index contributed by atoms with van der Waals surface area (Å²) >= 11 is 0. The maximum absolute atomic E-state index is 12.5. The third-order valence-corrected chi connectivity index (χ3v) is 4.82. The Bertz CT molecular complexity index is 699. The van der Waals surface area contributed by atoms with E-state index in [2.05, 4.69) is 0 Å². The van der Waals surface area contributed by atoms with Crippen molar-refractivity contribution in [3.05, 3.63) is 54.6 Å². The van der Waals surface area contributed by atoms with Gasteiger partial charge in [-0.1, -0.05) is 48.5 Å². The van der Waals surface area contributed by atoms with Gasteiger partial charge < -0.3 is 14.7 Å². The molecular formula is C21H25NO3. The number of carbonyl (C=O) groups is 1. The SMILES string of the molecule is CC(O)C1CCCN(C(=O)COc2ccccc2-c2ccccc2)C1. The highest BCUT2D eigenvalue weighted by molar-refractivity contribution is 5.78. The number of hydrogen-bond acceptors (Lipinski definition) is 3. The molecule has 1 aliphatic heterocycles. The molecule has 2 aromatic carbocycles. The van der Waals surface area contributed by atoms with E-state index in [0.717, 1.165) is 30.5 Å². The molecule has 0 spiro atoms. The lowest BCUT2D eigenvalue weighted by Crippen LogP contribution is -2.44. The Morgan fingerprint density at radius 3 is 2.68 bits per heavy atom. The van der Waals surface area contributed by atoms with Gasteiger partial charge in [0.05, 0.1) is 6.10 Å². The van der Waals surface area contributed by atoms with Crippen molar-refractivity contribution in [3.63, 3.8) is 0 Å². The Kier molecular flexibility index (Phi) is 5.71. The zero-order valence-corrected chi connectivity index (χ0v) is 14.6. The highest BCUT2D eigenvalue weighted by atomic mass is 16.5. The molecule has 2 unspecified atom stereocenters. The summed E-state index contributed by atoms with van der Waals surface area (Å²) in [6.45, 7) is 3.17. The molecule has 0 radical (unpaired) electrons. The fourth-order valence-electron chi connectivity index (χ4n) is 3.31. The predicted octanol–water partition coefficient (Wildman–Crippen LogP) is 3.35. The van der Waals surface area contributed by atoms with Crippen LogP contribution in [-0.2, 0) is 4.79 Å². The summed E-state index contributed by atoms with van der Waals surface area (Å²) in [5.41, 5.74) is 2.05. The van der Waals surface area contributed by atoms with Gasteiger partial charge in [-0.3, -0.25) is 4.79 Å². The average molecular weight is 339 g/mol. The molecule has 3 rings (SSSR count). The Balaban J connectivity index is 1.65. The summed E-state index contributed by atoms with van der Waals surface area (Å²) in [6, 6.07) is 17.8. The lowest BCUT2D eigenvalue weighted by molar-refractivity contribution is -0.136. The van der Waals surface area contributed by atoms with Gasteiger partial charge in [-0.2, -0.15) is 0 Å². The van der Waals surface area contributed by atoms with Crippen LogP contribution in [-0.4, -0.2) is 41.7 Å². The minimum absolute atomic E-state index is 0.0202. The number of aliphatic hydroxyl groups is 1. The van der Waals surface area contributed by atoms with E-state index in [1.54, 1.807) is 6.92 Å². The van der Waals surface area contributed by atoms with Gasteiger partial charge >= 0.3 is 0 Å². The van der Waals surface area contributed by atoms with Crippen molar-refractivity contribution in [1.82, 2.24) is 4.90 Å². The number of amides is 1. The zero-order valence-electron chi connectivity index (χ0n) is 14.6. The lowest BCUT2D eigenvalue weighted by Gasteiger charge is -2.34. The highest BCUT2D eigenvalue weighted by Gasteiger charge is 2.26. The van der Waals surface area contributed by atoms with Crippen LogP contribution in [0.25, 0.3) is 11.1 Å². The van der Waals surface area contributed by atoms with Gasteiger partial charge in [0.25, 0.3) is 5.91 Å². The topological polar surface area (TPSA) is 49.8 Å². The summed E-state index contributed by atoms with van der Waals surface area (Å²) in [5, 5.41) is 9.78. The lowest BCUT2D eigenvalue weighted by atomic mass is 9.93. The van der Waals surface area contributed by atoms with E-state index in [1.165, 1.54) is 0 Å². The van der Waals surface area contributed by atoms with Gasteiger partial charge in [0.1, 0.15) is 5.75 Å². The van der Waals surface area contributed by atoms with E-state index in [0.29, 0.717) is 12.3 Å². The van der Waals surface area contributed by atoms with Crippen molar-refractivity contribution in [2.45, 2.75) is 25.9 Å². The number of rotatable bonds is 5. The van der Waals surface area contributed by atoms with E-state index < -0.39 is 0 Å². The minimum Gasteiger partial charge on any atom is -0.483 e. The fraction of sp³-hybridized carbons (Fsp3) is 0.381. The summed E-state index contributed by atoms with van der Waals surface area (Å²) in [5.74, 6) is 0.855. The first kappa shape index (κ1) is 17.5. The summed E-state index contributed by atoms with van der Waals surface area (Å²) in [6.07, 6.45) is 1.52. The zero-order chi connectivity index (χ0) is 17.6. The van der Waals surface area contributed by atoms with Crippen molar-refractivity contribution in [2.24, 2.45) is 5.92 Å². The van der Waals surface area contributed by atoms with Crippen molar-refractivity contribution in [1.29, 1.82) is 0 Å². The molecule has 2 aromatic rings. The van der Waals surface area contributed by atoms with E-state index in [9.17, 15) is 9.90 Å². The van der Waals surface area contributed by atoms with Crippen LogP contribution in [0.3, 0.4) is 0 Å².